The topological polar surface area (TPSA) is 41.9 Å². The van der Waals surface area contributed by atoms with Crippen molar-refractivity contribution in [3.05, 3.63) is 0 Å². The van der Waals surface area contributed by atoms with Gasteiger partial charge in [-0.3, -0.25) is 0 Å². The van der Waals surface area contributed by atoms with Crippen LogP contribution in [0.4, 0.5) is 0 Å². The summed E-state index contributed by atoms with van der Waals surface area (Å²) in [5, 5.41) is 9.58. The number of rotatable bonds is 6. The van der Waals surface area contributed by atoms with E-state index in [1.807, 2.05) is 13.7 Å². The predicted octanol–water partition coefficient (Wildman–Crippen LogP) is 0.818. The molecule has 1 fully saturated rings. The second kappa shape index (κ2) is 6.48. The highest BCUT2D eigenvalue weighted by atomic mass is 16.7. The third-order valence-corrected chi connectivity index (χ3v) is 2.83. The Morgan fingerprint density at radius 2 is 2.20 bits per heavy atom. The molecule has 5 heteroatoms. The molecule has 0 spiro atoms. The van der Waals surface area contributed by atoms with E-state index in [1.165, 1.54) is 0 Å². The van der Waals surface area contributed by atoms with Crippen LogP contribution >= 0.6 is 0 Å². The van der Waals surface area contributed by atoms with Gasteiger partial charge in [0, 0.05) is 12.6 Å². The van der Waals surface area contributed by atoms with E-state index in [9.17, 15) is 5.02 Å². The molecule has 0 aromatic rings. The standard InChI is InChI=1S/C10H22BNO3/c1-4-14-8-15-7-10-5-9(2)6-12(10)11(3)13/h9-10,13H,4-8H2,1-3H3/t9-,10+/m1/s1. The fourth-order valence-corrected chi connectivity index (χ4v) is 2.13. The second-order valence-electron chi connectivity index (χ2n) is 4.30. The maximum atomic E-state index is 9.58. The number of hydrogen-bond acceptors (Lipinski definition) is 4. The lowest BCUT2D eigenvalue weighted by atomic mass is 9.84. The lowest BCUT2D eigenvalue weighted by Gasteiger charge is -2.24. The van der Waals surface area contributed by atoms with Crippen molar-refractivity contribution in [3.63, 3.8) is 0 Å². The molecule has 1 aliphatic rings. The average molecular weight is 215 g/mol. The molecule has 0 aromatic heterocycles. The summed E-state index contributed by atoms with van der Waals surface area (Å²) in [7, 11) is -0.379. The van der Waals surface area contributed by atoms with E-state index in [0.717, 1.165) is 13.0 Å². The Labute approximate surface area is 92.7 Å². The van der Waals surface area contributed by atoms with Gasteiger partial charge in [-0.15, -0.1) is 0 Å². The van der Waals surface area contributed by atoms with Crippen LogP contribution in [0.3, 0.4) is 0 Å². The first-order valence-electron chi connectivity index (χ1n) is 5.74. The van der Waals surface area contributed by atoms with Crippen LogP contribution in [-0.4, -0.2) is 49.5 Å². The van der Waals surface area contributed by atoms with Gasteiger partial charge in [0.25, 0.3) is 0 Å². The van der Waals surface area contributed by atoms with Crippen molar-refractivity contribution >= 4 is 7.05 Å². The van der Waals surface area contributed by atoms with Gasteiger partial charge in [-0.25, -0.2) is 0 Å². The lowest BCUT2D eigenvalue weighted by Crippen LogP contribution is -2.43. The molecule has 1 saturated heterocycles. The molecule has 0 amide bonds. The summed E-state index contributed by atoms with van der Waals surface area (Å²) in [6.45, 7) is 8.61. The van der Waals surface area contributed by atoms with Gasteiger partial charge >= 0.3 is 7.05 Å². The number of nitrogens with zero attached hydrogens (tertiary/aromatic N) is 1. The Morgan fingerprint density at radius 3 is 2.80 bits per heavy atom. The molecule has 1 heterocycles. The molecule has 1 rings (SSSR count). The highest BCUT2D eigenvalue weighted by Gasteiger charge is 2.33. The van der Waals surface area contributed by atoms with E-state index < -0.39 is 0 Å². The van der Waals surface area contributed by atoms with Crippen LogP contribution in [0.1, 0.15) is 20.3 Å². The summed E-state index contributed by atoms with van der Waals surface area (Å²) in [5.74, 6) is 0.639. The Morgan fingerprint density at radius 1 is 1.47 bits per heavy atom. The molecule has 0 unspecified atom stereocenters. The fourth-order valence-electron chi connectivity index (χ4n) is 2.13. The van der Waals surface area contributed by atoms with E-state index in [0.29, 0.717) is 32.0 Å². The predicted molar refractivity (Wildman–Crippen MR) is 60.6 cm³/mol. The van der Waals surface area contributed by atoms with Crippen LogP contribution in [0.15, 0.2) is 0 Å². The summed E-state index contributed by atoms with van der Waals surface area (Å²) >= 11 is 0. The zero-order valence-electron chi connectivity index (χ0n) is 9.98. The first-order chi connectivity index (χ1) is 7.15. The third kappa shape index (κ3) is 4.11. The van der Waals surface area contributed by atoms with E-state index in [-0.39, 0.29) is 7.05 Å². The minimum atomic E-state index is -0.379. The highest BCUT2D eigenvalue weighted by Crippen LogP contribution is 2.23. The minimum absolute atomic E-state index is 0.334. The highest BCUT2D eigenvalue weighted by molar-refractivity contribution is 6.45. The molecule has 1 N–H and O–H groups in total. The Bertz CT molecular complexity index is 180. The molecule has 0 radical (unpaired) electrons. The fraction of sp³-hybridized carbons (Fsp3) is 1.00. The monoisotopic (exact) mass is 215 g/mol. The summed E-state index contributed by atoms with van der Waals surface area (Å²) in [5.41, 5.74) is 0. The van der Waals surface area contributed by atoms with Gasteiger partial charge in [-0.2, -0.15) is 0 Å². The molecule has 0 saturated carbocycles. The van der Waals surface area contributed by atoms with Crippen molar-refractivity contribution in [1.82, 2.24) is 4.81 Å². The van der Waals surface area contributed by atoms with Crippen molar-refractivity contribution in [2.45, 2.75) is 33.1 Å². The number of ether oxygens (including phenoxy) is 2. The molecule has 1 aliphatic heterocycles. The van der Waals surface area contributed by atoms with Crippen LogP contribution in [0.5, 0.6) is 0 Å². The quantitative estimate of drug-likeness (QED) is 0.404. The van der Waals surface area contributed by atoms with E-state index in [2.05, 4.69) is 11.7 Å². The summed E-state index contributed by atoms with van der Waals surface area (Å²) in [6, 6.07) is 0.334. The summed E-state index contributed by atoms with van der Waals surface area (Å²) < 4.78 is 10.5. The largest absolute Gasteiger partial charge is 0.437 e. The Balaban J connectivity index is 2.26. The van der Waals surface area contributed by atoms with Crippen LogP contribution in [-0.2, 0) is 9.47 Å². The lowest BCUT2D eigenvalue weighted by molar-refractivity contribution is -0.0594. The molecule has 2 atom stereocenters. The van der Waals surface area contributed by atoms with Gasteiger partial charge in [-0.1, -0.05) is 6.92 Å². The van der Waals surface area contributed by atoms with Crippen molar-refractivity contribution in [2.75, 3.05) is 26.6 Å². The maximum Gasteiger partial charge on any atom is 0.376 e. The van der Waals surface area contributed by atoms with Gasteiger partial charge < -0.3 is 19.3 Å². The summed E-state index contributed by atoms with van der Waals surface area (Å²) in [4.78, 5) is 2.09. The van der Waals surface area contributed by atoms with Gasteiger partial charge in [0.1, 0.15) is 6.79 Å². The molecule has 15 heavy (non-hydrogen) atoms. The SMILES string of the molecule is CCOCOC[C@@H]1C[C@@H](C)CN1B(C)O. The van der Waals surface area contributed by atoms with Crippen LogP contribution < -0.4 is 0 Å². The van der Waals surface area contributed by atoms with Gasteiger partial charge in [0.15, 0.2) is 0 Å². The number of hydrogen-bond donors (Lipinski definition) is 1. The van der Waals surface area contributed by atoms with Gasteiger partial charge in [0.2, 0.25) is 0 Å². The third-order valence-electron chi connectivity index (χ3n) is 2.83. The van der Waals surface area contributed by atoms with E-state index in [1.54, 1.807) is 0 Å². The Hall–Kier alpha value is -0.0951. The molecular formula is C10H22BNO3. The van der Waals surface area contributed by atoms with Gasteiger partial charge in [0.05, 0.1) is 6.61 Å². The van der Waals surface area contributed by atoms with Crippen LogP contribution in [0.25, 0.3) is 0 Å². The van der Waals surface area contributed by atoms with E-state index >= 15 is 0 Å². The van der Waals surface area contributed by atoms with Crippen molar-refractivity contribution < 1.29 is 14.5 Å². The first kappa shape index (κ1) is 13.0. The van der Waals surface area contributed by atoms with E-state index in [4.69, 9.17) is 9.47 Å². The summed E-state index contributed by atoms with van der Waals surface area (Å²) in [6.07, 6.45) is 1.09. The molecule has 88 valence electrons. The molecule has 0 bridgehead atoms. The van der Waals surface area contributed by atoms with Crippen LogP contribution in [0.2, 0.25) is 6.82 Å². The average Bonchev–Trinajstić information content (AvgIpc) is 2.55. The Kier molecular flexibility index (Phi) is 5.60. The molecule has 0 aromatic carbocycles. The zero-order chi connectivity index (χ0) is 11.3. The maximum absolute atomic E-state index is 9.58. The normalized spacial score (nSPS) is 27.2. The molecular weight excluding hydrogens is 193 g/mol. The first-order valence-corrected chi connectivity index (χ1v) is 5.74. The van der Waals surface area contributed by atoms with Crippen molar-refractivity contribution in [1.29, 1.82) is 0 Å². The molecule has 4 nitrogen and oxygen atoms in total. The van der Waals surface area contributed by atoms with Crippen molar-refractivity contribution in [3.8, 4) is 0 Å². The smallest absolute Gasteiger partial charge is 0.376 e. The second-order valence-corrected chi connectivity index (χ2v) is 4.30. The van der Waals surface area contributed by atoms with Crippen LogP contribution in [0, 0.1) is 5.92 Å². The van der Waals surface area contributed by atoms with Crippen molar-refractivity contribution in [2.24, 2.45) is 5.92 Å². The zero-order valence-corrected chi connectivity index (χ0v) is 9.98. The van der Waals surface area contributed by atoms with Gasteiger partial charge in [-0.05, 0) is 32.6 Å². The minimum Gasteiger partial charge on any atom is -0.437 e. The molecule has 0 aliphatic carbocycles.